The molecule has 0 radical (unpaired) electrons. The summed E-state index contributed by atoms with van der Waals surface area (Å²) in [6.07, 6.45) is 8.39. The summed E-state index contributed by atoms with van der Waals surface area (Å²) in [6.45, 7) is 5.09. The van der Waals surface area contributed by atoms with E-state index >= 15 is 0 Å². The lowest BCUT2D eigenvalue weighted by atomic mass is 10.0. The smallest absolute Gasteiger partial charge is 0.237 e. The van der Waals surface area contributed by atoms with E-state index in [0.29, 0.717) is 19.0 Å². The molecule has 5 heteroatoms. The van der Waals surface area contributed by atoms with E-state index in [1.807, 2.05) is 23.1 Å². The largest absolute Gasteiger partial charge is 0.353 e. The van der Waals surface area contributed by atoms with Crippen molar-refractivity contribution < 1.29 is 9.59 Å². The van der Waals surface area contributed by atoms with Gasteiger partial charge in [0.25, 0.3) is 0 Å². The quantitative estimate of drug-likeness (QED) is 0.734. The van der Waals surface area contributed by atoms with Gasteiger partial charge in [0.05, 0.1) is 12.5 Å². The van der Waals surface area contributed by atoms with Gasteiger partial charge in [-0.3, -0.25) is 14.5 Å². The van der Waals surface area contributed by atoms with Crippen LogP contribution in [0.15, 0.2) is 30.3 Å². The van der Waals surface area contributed by atoms with Crippen molar-refractivity contribution in [2.75, 3.05) is 26.2 Å². The molecule has 1 aromatic rings. The molecule has 1 unspecified atom stereocenters. The first-order valence-electron chi connectivity index (χ1n) is 11.0. The minimum atomic E-state index is -0.343. The van der Waals surface area contributed by atoms with Crippen molar-refractivity contribution in [1.82, 2.24) is 15.1 Å². The number of hydrogen-bond acceptors (Lipinski definition) is 3. The third kappa shape index (κ3) is 5.57. The number of carbonyl (C=O) groups excluding carboxylic acids is 2. The van der Waals surface area contributed by atoms with Crippen LogP contribution in [-0.2, 0) is 16.0 Å². The summed E-state index contributed by atoms with van der Waals surface area (Å²) in [4.78, 5) is 30.0. The van der Waals surface area contributed by atoms with Gasteiger partial charge in [0.15, 0.2) is 0 Å². The monoisotopic (exact) mass is 385 g/mol. The van der Waals surface area contributed by atoms with Gasteiger partial charge in [0, 0.05) is 32.2 Å². The fraction of sp³-hybridized carbons (Fsp3) is 0.652. The maximum absolute atomic E-state index is 13.1. The highest BCUT2D eigenvalue weighted by molar-refractivity contribution is 5.89. The van der Waals surface area contributed by atoms with Gasteiger partial charge in [0.1, 0.15) is 0 Å². The molecular formula is C23H35N3O2. The van der Waals surface area contributed by atoms with Gasteiger partial charge in [-0.2, -0.15) is 0 Å². The summed E-state index contributed by atoms with van der Waals surface area (Å²) in [5.74, 6) is 0.144. The molecule has 1 N–H and O–H groups in total. The molecule has 154 valence electrons. The zero-order valence-electron chi connectivity index (χ0n) is 17.2. The molecule has 1 aromatic carbocycles. The molecule has 1 heterocycles. The normalized spacial score (nSPS) is 21.8. The van der Waals surface area contributed by atoms with E-state index in [1.54, 1.807) is 0 Å². The fourth-order valence-electron chi connectivity index (χ4n) is 4.66. The second-order valence-electron chi connectivity index (χ2n) is 8.11. The molecule has 1 aliphatic carbocycles. The summed E-state index contributed by atoms with van der Waals surface area (Å²) < 4.78 is 0. The van der Waals surface area contributed by atoms with E-state index in [-0.39, 0.29) is 17.9 Å². The number of carbonyl (C=O) groups is 2. The Balaban J connectivity index is 1.62. The third-order valence-corrected chi connectivity index (χ3v) is 6.27. The molecule has 0 spiro atoms. The van der Waals surface area contributed by atoms with Crippen LogP contribution in [0.2, 0.25) is 0 Å². The summed E-state index contributed by atoms with van der Waals surface area (Å²) in [7, 11) is 0. The molecule has 1 aliphatic heterocycles. The highest BCUT2D eigenvalue weighted by atomic mass is 16.2. The number of piperazine rings is 1. The molecule has 2 amide bonds. The molecular weight excluding hydrogens is 350 g/mol. The second kappa shape index (κ2) is 10.6. The zero-order valence-corrected chi connectivity index (χ0v) is 17.2. The zero-order chi connectivity index (χ0) is 19.8. The first kappa shape index (κ1) is 20.8. The molecule has 28 heavy (non-hydrogen) atoms. The molecule has 0 bridgehead atoms. The number of amides is 2. The fourth-order valence-corrected chi connectivity index (χ4v) is 4.66. The van der Waals surface area contributed by atoms with Crippen molar-refractivity contribution in [3.8, 4) is 0 Å². The molecule has 1 saturated heterocycles. The number of rotatable bonds is 7. The minimum absolute atomic E-state index is 0.00424. The van der Waals surface area contributed by atoms with Crippen LogP contribution in [0.4, 0.5) is 0 Å². The van der Waals surface area contributed by atoms with Crippen molar-refractivity contribution in [1.29, 1.82) is 0 Å². The van der Waals surface area contributed by atoms with E-state index < -0.39 is 0 Å². The van der Waals surface area contributed by atoms with E-state index in [2.05, 4.69) is 29.3 Å². The lowest BCUT2D eigenvalue weighted by Gasteiger charge is -2.37. The van der Waals surface area contributed by atoms with E-state index in [4.69, 9.17) is 0 Å². The van der Waals surface area contributed by atoms with Gasteiger partial charge < -0.3 is 10.2 Å². The summed E-state index contributed by atoms with van der Waals surface area (Å²) in [5.41, 5.74) is 1.27. The Morgan fingerprint density at radius 2 is 1.86 bits per heavy atom. The molecule has 0 aromatic heterocycles. The molecule has 5 nitrogen and oxygen atoms in total. The lowest BCUT2D eigenvalue weighted by Crippen LogP contribution is -2.57. The Kier molecular flexibility index (Phi) is 7.90. The number of nitrogens with one attached hydrogen (secondary N) is 1. The van der Waals surface area contributed by atoms with Crippen LogP contribution >= 0.6 is 0 Å². The van der Waals surface area contributed by atoms with Crippen LogP contribution in [0.1, 0.15) is 57.4 Å². The van der Waals surface area contributed by atoms with Gasteiger partial charge in [0.2, 0.25) is 11.8 Å². The number of nitrogens with zero attached hydrogens (tertiary/aromatic N) is 2. The van der Waals surface area contributed by atoms with Crippen LogP contribution in [0.5, 0.6) is 0 Å². The predicted octanol–water partition coefficient (Wildman–Crippen LogP) is 2.99. The van der Waals surface area contributed by atoms with Gasteiger partial charge in [-0.05, 0) is 31.7 Å². The van der Waals surface area contributed by atoms with Crippen LogP contribution in [-0.4, -0.2) is 59.9 Å². The average Bonchev–Trinajstić information content (AvgIpc) is 2.99. The van der Waals surface area contributed by atoms with Gasteiger partial charge in [-0.15, -0.1) is 0 Å². The number of benzene rings is 1. The maximum Gasteiger partial charge on any atom is 0.237 e. The Labute approximate surface area is 169 Å². The Morgan fingerprint density at radius 3 is 2.54 bits per heavy atom. The first-order valence-corrected chi connectivity index (χ1v) is 11.0. The molecule has 2 aliphatic rings. The lowest BCUT2D eigenvalue weighted by molar-refractivity contribution is -0.140. The molecule has 1 saturated carbocycles. The highest BCUT2D eigenvalue weighted by Crippen LogP contribution is 2.23. The van der Waals surface area contributed by atoms with Crippen LogP contribution < -0.4 is 5.32 Å². The van der Waals surface area contributed by atoms with E-state index in [9.17, 15) is 9.59 Å². The standard InChI is InChI=1S/C23H35N3O2/c1-2-26(20-12-8-3-4-9-13-20)22(27)18-21-23(28)24-15-17-25(21)16-14-19-10-6-5-7-11-19/h5-7,10-11,20-21H,2-4,8-9,12-18H2,1H3,(H,24,28). The SMILES string of the molecule is CCN(C(=O)CC1C(=O)NCCN1CCc1ccccc1)C1CCCCCC1. The van der Waals surface area contributed by atoms with Crippen molar-refractivity contribution in [2.24, 2.45) is 0 Å². The minimum Gasteiger partial charge on any atom is -0.353 e. The highest BCUT2D eigenvalue weighted by Gasteiger charge is 2.34. The van der Waals surface area contributed by atoms with Gasteiger partial charge in [-0.1, -0.05) is 56.0 Å². The van der Waals surface area contributed by atoms with Gasteiger partial charge >= 0.3 is 0 Å². The Hall–Kier alpha value is -1.88. The van der Waals surface area contributed by atoms with E-state index in [1.165, 1.54) is 31.2 Å². The van der Waals surface area contributed by atoms with Crippen molar-refractivity contribution in [3.63, 3.8) is 0 Å². The van der Waals surface area contributed by atoms with Crippen LogP contribution in [0.25, 0.3) is 0 Å². The Morgan fingerprint density at radius 1 is 1.14 bits per heavy atom. The molecule has 2 fully saturated rings. The van der Waals surface area contributed by atoms with Crippen molar-refractivity contribution in [3.05, 3.63) is 35.9 Å². The summed E-state index contributed by atoms with van der Waals surface area (Å²) in [5, 5.41) is 2.96. The second-order valence-corrected chi connectivity index (χ2v) is 8.11. The summed E-state index contributed by atoms with van der Waals surface area (Å²) in [6, 6.07) is 10.4. The average molecular weight is 386 g/mol. The van der Waals surface area contributed by atoms with Gasteiger partial charge in [-0.25, -0.2) is 0 Å². The topological polar surface area (TPSA) is 52.7 Å². The van der Waals surface area contributed by atoms with Crippen LogP contribution in [0, 0.1) is 0 Å². The first-order chi connectivity index (χ1) is 13.7. The van der Waals surface area contributed by atoms with Crippen molar-refractivity contribution in [2.45, 2.75) is 70.4 Å². The summed E-state index contributed by atoms with van der Waals surface area (Å²) >= 11 is 0. The molecule has 1 atom stereocenters. The van der Waals surface area contributed by atoms with Crippen LogP contribution in [0.3, 0.4) is 0 Å². The third-order valence-electron chi connectivity index (χ3n) is 6.27. The number of hydrogen-bond donors (Lipinski definition) is 1. The Bertz CT molecular complexity index is 626. The van der Waals surface area contributed by atoms with E-state index in [0.717, 1.165) is 38.9 Å². The molecule has 3 rings (SSSR count). The van der Waals surface area contributed by atoms with Crippen molar-refractivity contribution >= 4 is 11.8 Å². The predicted molar refractivity (Wildman–Crippen MR) is 112 cm³/mol. The maximum atomic E-state index is 13.1.